The van der Waals surface area contributed by atoms with Crippen molar-refractivity contribution in [1.82, 2.24) is 9.97 Å². The number of nitrogens with zero attached hydrogens (tertiary/aromatic N) is 3. The Morgan fingerprint density at radius 3 is 2.62 bits per heavy atom. The first-order valence-electron chi connectivity index (χ1n) is 4.39. The van der Waals surface area contributed by atoms with E-state index < -0.39 is 4.92 Å². The van der Waals surface area contributed by atoms with E-state index in [0.29, 0.717) is 11.4 Å². The molecule has 0 aliphatic heterocycles. The molecular weight excluding hydrogens is 274 g/mol. The molecule has 0 N–H and O–H groups in total. The van der Waals surface area contributed by atoms with Crippen molar-refractivity contribution in [2.24, 2.45) is 0 Å². The van der Waals surface area contributed by atoms with Crippen LogP contribution in [0.4, 0.5) is 5.69 Å². The van der Waals surface area contributed by atoms with E-state index in [1.807, 2.05) is 6.07 Å². The summed E-state index contributed by atoms with van der Waals surface area (Å²) in [6.07, 6.45) is 3.02. The van der Waals surface area contributed by atoms with E-state index in [1.165, 1.54) is 18.3 Å². The highest BCUT2D eigenvalue weighted by Crippen LogP contribution is 2.20. The molecule has 2 heterocycles. The number of hydrogen-bond acceptors (Lipinski definition) is 4. The van der Waals surface area contributed by atoms with Crippen LogP contribution in [0.5, 0.6) is 0 Å². The summed E-state index contributed by atoms with van der Waals surface area (Å²) in [6, 6.07) is 6.30. The van der Waals surface area contributed by atoms with Gasteiger partial charge in [-0.3, -0.25) is 20.1 Å². The van der Waals surface area contributed by atoms with E-state index in [-0.39, 0.29) is 5.69 Å². The van der Waals surface area contributed by atoms with Gasteiger partial charge in [-0.25, -0.2) is 0 Å². The van der Waals surface area contributed by atoms with Crippen molar-refractivity contribution in [2.75, 3.05) is 0 Å². The molecule has 5 nitrogen and oxygen atoms in total. The van der Waals surface area contributed by atoms with Gasteiger partial charge in [0.05, 0.1) is 16.3 Å². The smallest absolute Gasteiger partial charge is 0.258 e. The molecule has 2 rings (SSSR count). The van der Waals surface area contributed by atoms with Crippen LogP contribution in [0.3, 0.4) is 0 Å². The minimum atomic E-state index is -0.454. The van der Waals surface area contributed by atoms with Gasteiger partial charge in [0, 0.05) is 29.0 Å². The molecular formula is C10H6BrN3O2. The van der Waals surface area contributed by atoms with Crippen molar-refractivity contribution in [3.05, 3.63) is 51.2 Å². The predicted octanol–water partition coefficient (Wildman–Crippen LogP) is 2.81. The van der Waals surface area contributed by atoms with Crippen molar-refractivity contribution < 1.29 is 4.92 Å². The quantitative estimate of drug-likeness (QED) is 0.626. The lowest BCUT2D eigenvalue weighted by Gasteiger charge is -1.99. The maximum atomic E-state index is 10.6. The zero-order chi connectivity index (χ0) is 11.5. The highest BCUT2D eigenvalue weighted by atomic mass is 79.9. The van der Waals surface area contributed by atoms with Crippen molar-refractivity contribution in [3.63, 3.8) is 0 Å². The van der Waals surface area contributed by atoms with Crippen LogP contribution in [0.1, 0.15) is 0 Å². The SMILES string of the molecule is O=[N+]([O-])c1ccnc(-c2ccc(Br)cn2)c1. The lowest BCUT2D eigenvalue weighted by Crippen LogP contribution is -1.91. The number of nitro groups is 1. The highest BCUT2D eigenvalue weighted by Gasteiger charge is 2.08. The van der Waals surface area contributed by atoms with Gasteiger partial charge in [-0.1, -0.05) is 0 Å². The van der Waals surface area contributed by atoms with Crippen molar-refractivity contribution in [1.29, 1.82) is 0 Å². The van der Waals surface area contributed by atoms with E-state index in [0.717, 1.165) is 4.47 Å². The fourth-order valence-electron chi connectivity index (χ4n) is 1.20. The van der Waals surface area contributed by atoms with Crippen LogP contribution in [-0.2, 0) is 0 Å². The van der Waals surface area contributed by atoms with Gasteiger partial charge < -0.3 is 0 Å². The molecule has 0 saturated carbocycles. The summed E-state index contributed by atoms with van der Waals surface area (Å²) < 4.78 is 0.849. The molecule has 0 radical (unpaired) electrons. The number of hydrogen-bond donors (Lipinski definition) is 0. The fourth-order valence-corrected chi connectivity index (χ4v) is 1.43. The lowest BCUT2D eigenvalue weighted by molar-refractivity contribution is -0.384. The average Bonchev–Trinajstić information content (AvgIpc) is 2.30. The minimum Gasteiger partial charge on any atom is -0.258 e. The summed E-state index contributed by atoms with van der Waals surface area (Å²) in [6.45, 7) is 0. The largest absolute Gasteiger partial charge is 0.273 e. The Morgan fingerprint density at radius 1 is 1.19 bits per heavy atom. The second kappa shape index (κ2) is 4.36. The monoisotopic (exact) mass is 279 g/mol. The number of rotatable bonds is 2. The molecule has 0 amide bonds. The lowest BCUT2D eigenvalue weighted by atomic mass is 10.2. The number of aromatic nitrogens is 2. The molecule has 0 atom stereocenters. The molecule has 2 aromatic heterocycles. The molecule has 0 aromatic carbocycles. The summed E-state index contributed by atoms with van der Waals surface area (Å²) >= 11 is 3.26. The first kappa shape index (κ1) is 10.7. The summed E-state index contributed by atoms with van der Waals surface area (Å²) in [5, 5.41) is 10.6. The third-order valence-electron chi connectivity index (χ3n) is 1.94. The van der Waals surface area contributed by atoms with Crippen LogP contribution in [-0.4, -0.2) is 14.9 Å². The van der Waals surface area contributed by atoms with Crippen molar-refractivity contribution in [3.8, 4) is 11.4 Å². The maximum absolute atomic E-state index is 10.6. The Bertz CT molecular complexity index is 528. The van der Waals surface area contributed by atoms with Gasteiger partial charge in [0.2, 0.25) is 0 Å². The minimum absolute atomic E-state index is 0.00900. The molecule has 0 aliphatic carbocycles. The molecule has 2 aromatic rings. The first-order valence-corrected chi connectivity index (χ1v) is 5.18. The Morgan fingerprint density at radius 2 is 2.00 bits per heavy atom. The van der Waals surface area contributed by atoms with Crippen molar-refractivity contribution >= 4 is 21.6 Å². The zero-order valence-corrected chi connectivity index (χ0v) is 9.59. The highest BCUT2D eigenvalue weighted by molar-refractivity contribution is 9.10. The second-order valence-electron chi connectivity index (χ2n) is 3.02. The molecule has 0 unspecified atom stereocenters. The summed E-state index contributed by atoms with van der Waals surface area (Å²) in [5.41, 5.74) is 1.10. The summed E-state index contributed by atoms with van der Waals surface area (Å²) in [7, 11) is 0. The molecule has 0 aliphatic rings. The molecule has 80 valence electrons. The van der Waals surface area contributed by atoms with Gasteiger partial charge in [-0.2, -0.15) is 0 Å². The molecule has 0 bridgehead atoms. The predicted molar refractivity (Wildman–Crippen MR) is 61.8 cm³/mol. The Balaban J connectivity index is 2.44. The molecule has 16 heavy (non-hydrogen) atoms. The zero-order valence-electron chi connectivity index (χ0n) is 8.00. The Labute approximate surface area is 99.4 Å². The van der Waals surface area contributed by atoms with Crippen LogP contribution < -0.4 is 0 Å². The number of halogens is 1. The standard InChI is InChI=1S/C10H6BrN3O2/c11-7-1-2-9(13-6-7)10-5-8(14(15)16)3-4-12-10/h1-6H. The molecule has 6 heteroatoms. The van der Waals surface area contributed by atoms with Crippen LogP contribution in [0.2, 0.25) is 0 Å². The Kier molecular flexibility index (Phi) is 2.91. The fraction of sp³-hybridized carbons (Fsp3) is 0. The van der Waals surface area contributed by atoms with E-state index in [1.54, 1.807) is 12.3 Å². The normalized spacial score (nSPS) is 10.1. The third kappa shape index (κ3) is 2.22. The van der Waals surface area contributed by atoms with Crippen molar-refractivity contribution in [2.45, 2.75) is 0 Å². The Hall–Kier alpha value is -1.82. The number of pyridine rings is 2. The second-order valence-corrected chi connectivity index (χ2v) is 3.93. The summed E-state index contributed by atoms with van der Waals surface area (Å²) in [5.74, 6) is 0. The van der Waals surface area contributed by atoms with Gasteiger partial charge in [0.25, 0.3) is 5.69 Å². The van der Waals surface area contributed by atoms with Gasteiger partial charge in [-0.15, -0.1) is 0 Å². The van der Waals surface area contributed by atoms with Gasteiger partial charge >= 0.3 is 0 Å². The maximum Gasteiger partial charge on any atom is 0.273 e. The van der Waals surface area contributed by atoms with Gasteiger partial charge in [0.15, 0.2) is 0 Å². The van der Waals surface area contributed by atoms with E-state index >= 15 is 0 Å². The molecule has 0 saturated heterocycles. The first-order chi connectivity index (χ1) is 7.66. The van der Waals surface area contributed by atoms with E-state index in [4.69, 9.17) is 0 Å². The van der Waals surface area contributed by atoms with Gasteiger partial charge in [0.1, 0.15) is 0 Å². The van der Waals surface area contributed by atoms with Crippen LogP contribution in [0.15, 0.2) is 41.1 Å². The molecule has 0 fully saturated rings. The van der Waals surface area contributed by atoms with Crippen LogP contribution in [0.25, 0.3) is 11.4 Å². The summed E-state index contributed by atoms with van der Waals surface area (Å²) in [4.78, 5) is 18.3. The van der Waals surface area contributed by atoms with Gasteiger partial charge in [-0.05, 0) is 28.1 Å². The van der Waals surface area contributed by atoms with E-state index in [2.05, 4.69) is 25.9 Å². The van der Waals surface area contributed by atoms with Crippen LogP contribution in [0, 0.1) is 10.1 Å². The average molecular weight is 280 g/mol. The van der Waals surface area contributed by atoms with E-state index in [9.17, 15) is 10.1 Å². The van der Waals surface area contributed by atoms with Crippen LogP contribution >= 0.6 is 15.9 Å². The molecule has 0 spiro atoms. The topological polar surface area (TPSA) is 68.9 Å². The third-order valence-corrected chi connectivity index (χ3v) is 2.41.